The number of hydrogen-bond acceptors (Lipinski definition) is 4. The van der Waals surface area contributed by atoms with E-state index in [0.29, 0.717) is 0 Å². The topological polar surface area (TPSA) is 104 Å². The van der Waals surface area contributed by atoms with E-state index in [1.807, 2.05) is 0 Å². The van der Waals surface area contributed by atoms with Gasteiger partial charge in [0.1, 0.15) is 11.6 Å². The maximum Gasteiger partial charge on any atom is 0.325 e. The average Bonchev–Trinajstić information content (AvgIpc) is 2.53. The number of amides is 1. The van der Waals surface area contributed by atoms with E-state index in [-0.39, 0.29) is 11.1 Å². The molecule has 132 valence electrons. The molecule has 0 radical (unpaired) electrons. The lowest BCUT2D eigenvalue weighted by Gasteiger charge is -2.44. The number of aliphatic carboxylic acids is 1. The molecule has 0 saturated carbocycles. The van der Waals surface area contributed by atoms with Crippen molar-refractivity contribution in [3.05, 3.63) is 35.5 Å². The lowest BCUT2D eigenvalue weighted by Crippen LogP contribution is -2.48. The van der Waals surface area contributed by atoms with Crippen LogP contribution in [0.3, 0.4) is 0 Å². The van der Waals surface area contributed by atoms with E-state index >= 15 is 0 Å². The minimum Gasteiger partial charge on any atom is -0.480 e. The largest absolute Gasteiger partial charge is 0.480 e. The van der Waals surface area contributed by atoms with Gasteiger partial charge in [0.05, 0.1) is 0 Å². The number of ketones is 1. The predicted octanol–water partition coefficient (Wildman–Crippen LogP) is 1.75. The molecule has 0 aromatic carbocycles. The van der Waals surface area contributed by atoms with Gasteiger partial charge < -0.3 is 15.5 Å². The number of nitrogens with one attached hydrogen (secondary N) is 1. The zero-order valence-electron chi connectivity index (χ0n) is 19.7. The van der Waals surface area contributed by atoms with Crippen molar-refractivity contribution < 1.29 is 32.8 Å². The summed E-state index contributed by atoms with van der Waals surface area (Å²) in [5, 5.41) is 22.3. The third-order valence-electron chi connectivity index (χ3n) is 3.74. The first-order chi connectivity index (χ1) is 13.4. The second-order valence-corrected chi connectivity index (χ2v) is 5.93. The Hall–Kier alpha value is -2.21. The van der Waals surface area contributed by atoms with Crippen molar-refractivity contribution in [1.29, 1.82) is 0 Å². The lowest BCUT2D eigenvalue weighted by atomic mass is 9.64. The maximum absolute atomic E-state index is 12.1. The molecule has 1 amide bonds. The van der Waals surface area contributed by atoms with E-state index < -0.39 is 54.8 Å². The Morgan fingerprint density at radius 3 is 2.62 bits per heavy atom. The van der Waals surface area contributed by atoms with Gasteiger partial charge in [-0.05, 0) is 44.1 Å². The molecule has 0 aromatic heterocycles. The molecule has 0 heterocycles. The third-order valence-corrected chi connectivity index (χ3v) is 3.74. The predicted molar refractivity (Wildman–Crippen MR) is 90.2 cm³/mol. The van der Waals surface area contributed by atoms with Crippen LogP contribution in [0.5, 0.6) is 0 Å². The van der Waals surface area contributed by atoms with Gasteiger partial charge in [0, 0.05) is 26.1 Å². The van der Waals surface area contributed by atoms with Crippen LogP contribution < -0.4 is 5.32 Å². The fourth-order valence-corrected chi connectivity index (χ4v) is 2.23. The van der Waals surface area contributed by atoms with Crippen molar-refractivity contribution in [3.8, 4) is 0 Å². The van der Waals surface area contributed by atoms with Gasteiger partial charge >= 0.3 is 5.97 Å². The lowest BCUT2D eigenvalue weighted by molar-refractivity contribution is -0.140. The van der Waals surface area contributed by atoms with Crippen LogP contribution >= 0.6 is 0 Å². The Bertz CT molecular complexity index is 810. The van der Waals surface area contributed by atoms with E-state index in [2.05, 4.69) is 5.32 Å². The molecule has 24 heavy (non-hydrogen) atoms. The number of aliphatic hydroxyl groups is 1. The first kappa shape index (κ1) is 12.2. The number of hydrogen-bond donors (Lipinski definition) is 3. The van der Waals surface area contributed by atoms with Crippen molar-refractivity contribution in [2.24, 2.45) is 5.41 Å². The SMILES string of the molecule is [2H]C([2H])([2H])C1(C([2H])([2H])[2H])CC(=O)C=C(C)[C@]1(O)/C=C/C(C)=C\C(=O)N[C@H](C)C(=O)O. The molecule has 6 heteroatoms. The smallest absolute Gasteiger partial charge is 0.325 e. The van der Waals surface area contributed by atoms with Gasteiger partial charge in [-0.25, -0.2) is 0 Å². The second-order valence-electron chi connectivity index (χ2n) is 5.93. The summed E-state index contributed by atoms with van der Waals surface area (Å²) >= 11 is 0. The van der Waals surface area contributed by atoms with E-state index in [4.69, 9.17) is 13.3 Å². The first-order valence-electron chi connectivity index (χ1n) is 10.2. The minimum absolute atomic E-state index is 0.154. The Morgan fingerprint density at radius 1 is 1.46 bits per heavy atom. The van der Waals surface area contributed by atoms with Gasteiger partial charge in [-0.3, -0.25) is 14.4 Å². The van der Waals surface area contributed by atoms with Crippen LogP contribution in [-0.4, -0.2) is 39.5 Å². The van der Waals surface area contributed by atoms with Crippen molar-refractivity contribution in [2.45, 2.75) is 52.5 Å². The number of carbonyl (C=O) groups is 3. The van der Waals surface area contributed by atoms with Crippen molar-refractivity contribution in [3.63, 3.8) is 0 Å². The zero-order valence-corrected chi connectivity index (χ0v) is 13.7. The molecule has 0 spiro atoms. The summed E-state index contributed by atoms with van der Waals surface area (Å²) in [5.41, 5.74) is -5.29. The fourth-order valence-electron chi connectivity index (χ4n) is 2.23. The molecule has 0 unspecified atom stereocenters. The van der Waals surface area contributed by atoms with E-state index in [1.165, 1.54) is 20.8 Å². The summed E-state index contributed by atoms with van der Waals surface area (Å²) in [6.45, 7) is -2.52. The standard InChI is InChI=1S/C18H25NO5/c1-11(8-15(21)19-13(3)16(22)23)6-7-18(24)12(2)9-14(20)10-17(18,4)5/h6-9,13,24H,10H2,1-5H3,(H,19,21)(H,22,23)/b7-6+,11-8-/t13-,18-/m1/s1/i4D3,5D3. The maximum atomic E-state index is 12.1. The molecule has 2 atom stereocenters. The molecule has 3 N–H and O–H groups in total. The molecule has 0 saturated heterocycles. The van der Waals surface area contributed by atoms with Gasteiger partial charge in [0.2, 0.25) is 5.91 Å². The van der Waals surface area contributed by atoms with Crippen molar-refractivity contribution in [2.75, 3.05) is 0 Å². The molecular weight excluding hydrogens is 310 g/mol. The Kier molecular flexibility index (Phi) is 3.62. The summed E-state index contributed by atoms with van der Waals surface area (Å²) in [4.78, 5) is 34.8. The summed E-state index contributed by atoms with van der Waals surface area (Å²) in [7, 11) is 0. The van der Waals surface area contributed by atoms with Crippen molar-refractivity contribution in [1.82, 2.24) is 5.32 Å². The normalized spacial score (nSPS) is 30.1. The average molecular weight is 341 g/mol. The van der Waals surface area contributed by atoms with E-state index in [0.717, 1.165) is 24.3 Å². The van der Waals surface area contributed by atoms with Gasteiger partial charge in [0.25, 0.3) is 0 Å². The molecule has 0 bridgehead atoms. The summed E-state index contributed by atoms with van der Waals surface area (Å²) in [5.74, 6) is -2.72. The van der Waals surface area contributed by atoms with Crippen LogP contribution in [0.4, 0.5) is 0 Å². The van der Waals surface area contributed by atoms with Crippen molar-refractivity contribution >= 4 is 17.7 Å². The number of carbonyl (C=O) groups excluding carboxylic acids is 2. The highest BCUT2D eigenvalue weighted by Crippen LogP contribution is 2.44. The fraction of sp³-hybridized carbons (Fsp3) is 0.500. The van der Waals surface area contributed by atoms with Gasteiger partial charge in [0.15, 0.2) is 5.78 Å². The molecule has 0 aliphatic heterocycles. The number of rotatable bonds is 5. The summed E-state index contributed by atoms with van der Waals surface area (Å²) in [6.07, 6.45) is 3.20. The molecular formula is C18H25NO5. The second kappa shape index (κ2) is 7.13. The molecule has 0 fully saturated rings. The molecule has 6 nitrogen and oxygen atoms in total. The highest BCUT2D eigenvalue weighted by molar-refractivity contribution is 5.93. The molecule has 1 aliphatic carbocycles. The zero-order chi connectivity index (χ0) is 23.7. The number of carboxylic acid groups (broad SMARTS) is 1. The monoisotopic (exact) mass is 341 g/mol. The summed E-state index contributed by atoms with van der Waals surface area (Å²) < 4.78 is 47.1. The van der Waals surface area contributed by atoms with Crippen LogP contribution in [0, 0.1) is 5.41 Å². The quantitative estimate of drug-likeness (QED) is 0.522. The highest BCUT2D eigenvalue weighted by Gasteiger charge is 2.46. The Labute approximate surface area is 150 Å². The molecule has 0 aromatic rings. The van der Waals surface area contributed by atoms with Crippen LogP contribution in [-0.2, 0) is 14.4 Å². The number of carboxylic acids is 1. The van der Waals surface area contributed by atoms with Gasteiger partial charge in [-0.1, -0.05) is 19.8 Å². The van der Waals surface area contributed by atoms with Crippen LogP contribution in [0.2, 0.25) is 0 Å². The number of allylic oxidation sites excluding steroid dienone is 3. The van der Waals surface area contributed by atoms with Crippen LogP contribution in [0.15, 0.2) is 35.5 Å². The molecule has 1 rings (SSSR count). The highest BCUT2D eigenvalue weighted by atomic mass is 16.4. The minimum atomic E-state index is -3.23. The third kappa shape index (κ3) is 4.41. The van der Waals surface area contributed by atoms with Gasteiger partial charge in [-0.2, -0.15) is 0 Å². The van der Waals surface area contributed by atoms with E-state index in [9.17, 15) is 19.5 Å². The Morgan fingerprint density at radius 2 is 2.08 bits per heavy atom. The Balaban J connectivity index is 3.48. The van der Waals surface area contributed by atoms with Crippen LogP contribution in [0.25, 0.3) is 0 Å². The van der Waals surface area contributed by atoms with Crippen LogP contribution in [0.1, 0.15) is 49.1 Å². The first-order valence-corrected chi connectivity index (χ1v) is 7.24. The summed E-state index contributed by atoms with van der Waals surface area (Å²) in [6, 6.07) is -1.15. The van der Waals surface area contributed by atoms with Gasteiger partial charge in [-0.15, -0.1) is 0 Å². The van der Waals surface area contributed by atoms with E-state index in [1.54, 1.807) is 0 Å². The molecule has 1 aliphatic rings.